The number of nitrogens with one attached hydrogen (secondary N) is 1. The zero-order valence-corrected chi connectivity index (χ0v) is 8.29. The number of ether oxygens (including phenoxy) is 1. The molecule has 0 aromatic rings. The third-order valence-electron chi connectivity index (χ3n) is 3.32. The van der Waals surface area contributed by atoms with Gasteiger partial charge in [0.25, 0.3) is 0 Å². The smallest absolute Gasteiger partial charge is 0.308 e. The molecule has 1 amide bonds. The van der Waals surface area contributed by atoms with E-state index in [9.17, 15) is 9.59 Å². The Morgan fingerprint density at radius 3 is 3.00 bits per heavy atom. The fraction of sp³-hybridized carbons (Fsp3) is 0.800. The molecule has 1 aliphatic carbocycles. The summed E-state index contributed by atoms with van der Waals surface area (Å²) < 4.78 is 4.71. The fourth-order valence-electron chi connectivity index (χ4n) is 2.54. The Morgan fingerprint density at radius 1 is 1.50 bits per heavy atom. The fourth-order valence-corrected chi connectivity index (χ4v) is 2.54. The Balaban J connectivity index is 1.97. The highest BCUT2D eigenvalue weighted by molar-refractivity contribution is 5.79. The molecule has 2 rings (SSSR count). The van der Waals surface area contributed by atoms with E-state index in [-0.39, 0.29) is 23.8 Å². The molecule has 4 heteroatoms. The summed E-state index contributed by atoms with van der Waals surface area (Å²) in [6.45, 7) is 0. The number of carbonyl (C=O) groups excluding carboxylic acids is 2. The quantitative estimate of drug-likeness (QED) is 0.621. The maximum absolute atomic E-state index is 11.3. The summed E-state index contributed by atoms with van der Waals surface area (Å²) in [5.41, 5.74) is 0. The molecule has 0 spiro atoms. The monoisotopic (exact) mass is 197 g/mol. The third kappa shape index (κ3) is 1.61. The van der Waals surface area contributed by atoms with Gasteiger partial charge in [-0.05, 0) is 25.2 Å². The maximum atomic E-state index is 11.3. The van der Waals surface area contributed by atoms with Gasteiger partial charge in [0.15, 0.2) is 0 Å². The van der Waals surface area contributed by atoms with Crippen LogP contribution in [0, 0.1) is 11.8 Å². The average molecular weight is 197 g/mol. The molecular weight excluding hydrogens is 182 g/mol. The zero-order valence-electron chi connectivity index (χ0n) is 8.29. The first-order valence-electron chi connectivity index (χ1n) is 5.08. The second-order valence-electron chi connectivity index (χ2n) is 4.17. The molecule has 14 heavy (non-hydrogen) atoms. The average Bonchev–Trinajstić information content (AvgIpc) is 2.55. The van der Waals surface area contributed by atoms with Crippen molar-refractivity contribution < 1.29 is 14.3 Å². The Hall–Kier alpha value is -1.06. The van der Waals surface area contributed by atoms with Crippen molar-refractivity contribution in [2.75, 3.05) is 7.11 Å². The highest BCUT2D eigenvalue weighted by Crippen LogP contribution is 2.34. The first-order chi connectivity index (χ1) is 6.70. The molecule has 1 saturated heterocycles. The van der Waals surface area contributed by atoms with Gasteiger partial charge in [-0.15, -0.1) is 0 Å². The third-order valence-corrected chi connectivity index (χ3v) is 3.32. The minimum absolute atomic E-state index is 0.0142. The van der Waals surface area contributed by atoms with Crippen LogP contribution >= 0.6 is 0 Å². The maximum Gasteiger partial charge on any atom is 0.308 e. The van der Waals surface area contributed by atoms with E-state index < -0.39 is 0 Å². The Kier molecular flexibility index (Phi) is 2.44. The van der Waals surface area contributed by atoms with Crippen molar-refractivity contribution in [3.8, 4) is 0 Å². The molecule has 3 atom stereocenters. The molecule has 0 bridgehead atoms. The van der Waals surface area contributed by atoms with Gasteiger partial charge in [0.2, 0.25) is 5.91 Å². The molecule has 1 heterocycles. The molecule has 0 aromatic carbocycles. The minimum atomic E-state index is -0.135. The van der Waals surface area contributed by atoms with Crippen molar-refractivity contribution in [1.29, 1.82) is 0 Å². The van der Waals surface area contributed by atoms with E-state index in [2.05, 4.69) is 5.32 Å². The number of esters is 1. The molecule has 78 valence electrons. The van der Waals surface area contributed by atoms with Crippen LogP contribution in [0.2, 0.25) is 0 Å². The van der Waals surface area contributed by atoms with E-state index in [4.69, 9.17) is 4.74 Å². The normalized spacial score (nSPS) is 36.1. The zero-order chi connectivity index (χ0) is 10.1. The summed E-state index contributed by atoms with van der Waals surface area (Å²) >= 11 is 0. The molecule has 3 unspecified atom stereocenters. The number of hydrogen-bond donors (Lipinski definition) is 1. The van der Waals surface area contributed by atoms with Crippen LogP contribution in [0.1, 0.15) is 25.7 Å². The van der Waals surface area contributed by atoms with Crippen LogP contribution in [-0.4, -0.2) is 25.0 Å². The van der Waals surface area contributed by atoms with Gasteiger partial charge >= 0.3 is 5.97 Å². The largest absolute Gasteiger partial charge is 0.469 e. The van der Waals surface area contributed by atoms with Gasteiger partial charge in [-0.1, -0.05) is 0 Å². The lowest BCUT2D eigenvalue weighted by molar-refractivity contribution is -0.147. The number of hydrogen-bond acceptors (Lipinski definition) is 3. The molecular formula is C10H15NO3. The molecule has 2 fully saturated rings. The second-order valence-corrected chi connectivity index (χ2v) is 4.17. The predicted octanol–water partition coefficient (Wildman–Crippen LogP) is 0.464. The lowest BCUT2D eigenvalue weighted by atomic mass is 9.79. The number of rotatable bonds is 1. The van der Waals surface area contributed by atoms with Crippen LogP contribution in [0.5, 0.6) is 0 Å². The van der Waals surface area contributed by atoms with E-state index in [0.717, 1.165) is 19.3 Å². The van der Waals surface area contributed by atoms with Gasteiger partial charge < -0.3 is 10.1 Å². The minimum Gasteiger partial charge on any atom is -0.469 e. The van der Waals surface area contributed by atoms with Crippen molar-refractivity contribution >= 4 is 11.9 Å². The Labute approximate surface area is 83.0 Å². The van der Waals surface area contributed by atoms with Gasteiger partial charge in [0.1, 0.15) is 0 Å². The standard InChI is InChI=1S/C10H15NO3/c1-14-10(13)7-3-2-6-5-9(12)11-8(6)4-7/h6-8H,2-5H2,1H3,(H,11,12). The van der Waals surface area contributed by atoms with E-state index in [1.165, 1.54) is 7.11 Å². The van der Waals surface area contributed by atoms with Crippen molar-refractivity contribution in [2.45, 2.75) is 31.7 Å². The van der Waals surface area contributed by atoms with Crippen molar-refractivity contribution in [1.82, 2.24) is 5.32 Å². The highest BCUT2D eigenvalue weighted by Gasteiger charge is 2.39. The summed E-state index contributed by atoms with van der Waals surface area (Å²) in [4.78, 5) is 22.4. The molecule has 2 aliphatic rings. The van der Waals surface area contributed by atoms with Gasteiger partial charge in [0, 0.05) is 12.5 Å². The Bertz CT molecular complexity index is 264. The van der Waals surface area contributed by atoms with Crippen LogP contribution in [0.4, 0.5) is 0 Å². The SMILES string of the molecule is COC(=O)C1CCC2CC(=O)NC2C1. The lowest BCUT2D eigenvalue weighted by Gasteiger charge is -2.29. The van der Waals surface area contributed by atoms with Crippen LogP contribution in [0.25, 0.3) is 0 Å². The number of carbonyl (C=O) groups is 2. The molecule has 0 radical (unpaired) electrons. The van der Waals surface area contributed by atoms with Gasteiger partial charge in [-0.3, -0.25) is 9.59 Å². The lowest BCUT2D eigenvalue weighted by Crippen LogP contribution is -2.37. The first-order valence-corrected chi connectivity index (χ1v) is 5.08. The van der Waals surface area contributed by atoms with Crippen molar-refractivity contribution in [2.24, 2.45) is 11.8 Å². The first kappa shape index (κ1) is 9.49. The second kappa shape index (κ2) is 3.59. The Morgan fingerprint density at radius 2 is 2.29 bits per heavy atom. The summed E-state index contributed by atoms with van der Waals surface area (Å²) in [7, 11) is 1.42. The van der Waals surface area contributed by atoms with E-state index >= 15 is 0 Å². The van der Waals surface area contributed by atoms with E-state index in [1.807, 2.05) is 0 Å². The summed E-state index contributed by atoms with van der Waals surface area (Å²) in [5.74, 6) is 0.429. The van der Waals surface area contributed by atoms with Gasteiger partial charge in [0.05, 0.1) is 13.0 Å². The van der Waals surface area contributed by atoms with Gasteiger partial charge in [-0.25, -0.2) is 0 Å². The summed E-state index contributed by atoms with van der Waals surface area (Å²) in [6, 6.07) is 0.209. The number of methoxy groups -OCH3 is 1. The molecule has 1 N–H and O–H groups in total. The van der Waals surface area contributed by atoms with Crippen molar-refractivity contribution in [3.63, 3.8) is 0 Å². The topological polar surface area (TPSA) is 55.4 Å². The summed E-state index contributed by atoms with van der Waals surface area (Å²) in [5, 5.41) is 2.92. The van der Waals surface area contributed by atoms with E-state index in [0.29, 0.717) is 12.3 Å². The summed E-state index contributed by atoms with van der Waals surface area (Å²) in [6.07, 6.45) is 3.22. The van der Waals surface area contributed by atoms with Crippen LogP contribution in [-0.2, 0) is 14.3 Å². The molecule has 1 aliphatic heterocycles. The highest BCUT2D eigenvalue weighted by atomic mass is 16.5. The molecule has 1 saturated carbocycles. The predicted molar refractivity (Wildman–Crippen MR) is 49.4 cm³/mol. The van der Waals surface area contributed by atoms with Crippen LogP contribution < -0.4 is 5.32 Å². The molecule has 4 nitrogen and oxygen atoms in total. The van der Waals surface area contributed by atoms with Crippen LogP contribution in [0.15, 0.2) is 0 Å². The van der Waals surface area contributed by atoms with Gasteiger partial charge in [-0.2, -0.15) is 0 Å². The molecule has 0 aromatic heterocycles. The van der Waals surface area contributed by atoms with E-state index in [1.54, 1.807) is 0 Å². The van der Waals surface area contributed by atoms with Crippen LogP contribution in [0.3, 0.4) is 0 Å². The number of amides is 1. The number of fused-ring (bicyclic) bond motifs is 1. The van der Waals surface area contributed by atoms with Crippen molar-refractivity contribution in [3.05, 3.63) is 0 Å².